The molecule has 0 amide bonds. The molecule has 54 heavy (non-hydrogen) atoms. The van der Waals surface area contributed by atoms with Crippen LogP contribution in [0.1, 0.15) is 0 Å². The average Bonchev–Trinajstić information content (AvgIpc) is 3.94. The molecular weight excluding hydrogens is 679 g/mol. The Morgan fingerprint density at radius 2 is 1.07 bits per heavy atom. The highest BCUT2D eigenvalue weighted by atomic mass is 32.1. The number of hydrogen-bond donors (Lipinski definition) is 0. The molecule has 0 saturated carbocycles. The van der Waals surface area contributed by atoms with Crippen molar-refractivity contribution in [2.75, 3.05) is 4.90 Å². The van der Waals surface area contributed by atoms with Gasteiger partial charge in [-0.25, -0.2) is 4.98 Å². The minimum absolute atomic E-state index is 0.635. The van der Waals surface area contributed by atoms with E-state index in [9.17, 15) is 0 Å². The summed E-state index contributed by atoms with van der Waals surface area (Å²) in [5.74, 6) is 0.635. The van der Waals surface area contributed by atoms with E-state index in [2.05, 4.69) is 167 Å². The number of thiophene rings is 1. The maximum absolute atomic E-state index is 6.57. The maximum atomic E-state index is 6.57. The summed E-state index contributed by atoms with van der Waals surface area (Å²) in [4.78, 5) is 7.29. The Hall–Kier alpha value is -6.95. The van der Waals surface area contributed by atoms with E-state index >= 15 is 0 Å². The number of fused-ring (bicyclic) bond motifs is 8. The van der Waals surface area contributed by atoms with Crippen molar-refractivity contribution in [2.24, 2.45) is 0 Å². The van der Waals surface area contributed by atoms with Gasteiger partial charge in [0, 0.05) is 59.3 Å². The van der Waals surface area contributed by atoms with E-state index < -0.39 is 0 Å². The normalized spacial score (nSPS) is 11.7. The molecular formula is C49H31N3OS. The second-order valence-electron chi connectivity index (χ2n) is 13.6. The van der Waals surface area contributed by atoms with Crippen LogP contribution in [0, 0.1) is 0 Å². The number of benzene rings is 8. The first-order chi connectivity index (χ1) is 26.8. The van der Waals surface area contributed by atoms with Crippen molar-refractivity contribution >= 4 is 81.5 Å². The van der Waals surface area contributed by atoms with Gasteiger partial charge in [-0.05, 0) is 96.1 Å². The van der Waals surface area contributed by atoms with Crippen LogP contribution in [0.15, 0.2) is 192 Å². The lowest BCUT2D eigenvalue weighted by Crippen LogP contribution is -2.10. The molecule has 4 nitrogen and oxygen atoms in total. The fourth-order valence-corrected chi connectivity index (χ4v) is 9.00. The van der Waals surface area contributed by atoms with Gasteiger partial charge >= 0.3 is 0 Å². The molecule has 0 radical (unpaired) electrons. The molecule has 0 saturated heterocycles. The molecule has 0 N–H and O–H groups in total. The number of oxazole rings is 1. The van der Waals surface area contributed by atoms with Gasteiger partial charge in [0.2, 0.25) is 5.89 Å². The summed E-state index contributed by atoms with van der Waals surface area (Å²) in [6.07, 6.45) is 0. The van der Waals surface area contributed by atoms with Crippen LogP contribution in [0.4, 0.5) is 17.1 Å². The summed E-state index contributed by atoms with van der Waals surface area (Å²) in [5.41, 5.74) is 11.7. The van der Waals surface area contributed by atoms with Gasteiger partial charge in [0.05, 0.1) is 11.0 Å². The minimum atomic E-state index is 0.635. The number of nitrogens with zero attached hydrogens (tertiary/aromatic N) is 3. The molecule has 0 bridgehead atoms. The Kier molecular flexibility index (Phi) is 7.00. The monoisotopic (exact) mass is 709 g/mol. The second kappa shape index (κ2) is 12.3. The van der Waals surface area contributed by atoms with Crippen molar-refractivity contribution in [1.82, 2.24) is 9.55 Å². The van der Waals surface area contributed by atoms with Crippen molar-refractivity contribution in [3.05, 3.63) is 188 Å². The lowest BCUT2D eigenvalue weighted by molar-refractivity contribution is 0.623. The zero-order valence-electron chi connectivity index (χ0n) is 29.1. The molecule has 0 unspecified atom stereocenters. The van der Waals surface area contributed by atoms with Crippen LogP contribution in [-0.2, 0) is 0 Å². The third-order valence-electron chi connectivity index (χ3n) is 10.4. The number of hydrogen-bond acceptors (Lipinski definition) is 4. The van der Waals surface area contributed by atoms with Gasteiger partial charge in [0.25, 0.3) is 0 Å². The van der Waals surface area contributed by atoms with E-state index in [0.29, 0.717) is 5.89 Å². The van der Waals surface area contributed by atoms with E-state index in [0.717, 1.165) is 55.7 Å². The van der Waals surface area contributed by atoms with Crippen molar-refractivity contribution < 1.29 is 4.42 Å². The third kappa shape index (κ3) is 4.94. The fraction of sp³-hybridized carbons (Fsp3) is 0. The average molecular weight is 710 g/mol. The van der Waals surface area contributed by atoms with Crippen LogP contribution in [0.5, 0.6) is 0 Å². The minimum Gasteiger partial charge on any atom is -0.435 e. The smallest absolute Gasteiger partial charge is 0.227 e. The Labute approximate surface area is 315 Å². The number of rotatable bonds is 6. The maximum Gasteiger partial charge on any atom is 0.227 e. The number of aromatic nitrogens is 2. The molecule has 0 aliphatic rings. The largest absolute Gasteiger partial charge is 0.435 e. The molecule has 0 spiro atoms. The quantitative estimate of drug-likeness (QED) is 0.172. The van der Waals surface area contributed by atoms with Crippen LogP contribution in [-0.4, -0.2) is 9.55 Å². The highest BCUT2D eigenvalue weighted by Crippen LogP contribution is 2.45. The number of anilines is 3. The van der Waals surface area contributed by atoms with Gasteiger partial charge in [0.15, 0.2) is 5.58 Å². The molecule has 0 fully saturated rings. The molecule has 0 aliphatic carbocycles. The van der Waals surface area contributed by atoms with Crippen molar-refractivity contribution in [2.45, 2.75) is 0 Å². The van der Waals surface area contributed by atoms with E-state index in [1.165, 1.54) is 36.8 Å². The van der Waals surface area contributed by atoms with Gasteiger partial charge in [0.1, 0.15) is 5.52 Å². The van der Waals surface area contributed by atoms with Crippen LogP contribution < -0.4 is 4.90 Å². The molecule has 0 aliphatic heterocycles. The topological polar surface area (TPSA) is 34.2 Å². The van der Waals surface area contributed by atoms with Crippen molar-refractivity contribution in [1.29, 1.82) is 0 Å². The van der Waals surface area contributed by atoms with Gasteiger partial charge in [-0.2, -0.15) is 0 Å². The van der Waals surface area contributed by atoms with E-state index in [1.807, 2.05) is 30.3 Å². The summed E-state index contributed by atoms with van der Waals surface area (Å²) in [7, 11) is 0. The van der Waals surface area contributed by atoms with Gasteiger partial charge in [-0.15, -0.1) is 11.3 Å². The molecule has 11 aromatic rings. The molecule has 3 heterocycles. The zero-order chi connectivity index (χ0) is 35.6. The van der Waals surface area contributed by atoms with Crippen LogP contribution in [0.3, 0.4) is 0 Å². The number of para-hydroxylation sites is 2. The van der Waals surface area contributed by atoms with Gasteiger partial charge < -0.3 is 13.9 Å². The fourth-order valence-electron chi connectivity index (χ4n) is 7.91. The second-order valence-corrected chi connectivity index (χ2v) is 14.7. The SMILES string of the molecule is c1ccc(-c2ccc(N(c3ccc4sc5ccc6nc(-c7ccccc7)oc6c5c4c3)c3ccc4c5ccccc5n(-c5ccccc5)c4c3)cc2)cc1. The Morgan fingerprint density at radius 1 is 0.463 bits per heavy atom. The summed E-state index contributed by atoms with van der Waals surface area (Å²) < 4.78 is 11.3. The Bertz CT molecular complexity index is 3140. The molecule has 5 heteroatoms. The summed E-state index contributed by atoms with van der Waals surface area (Å²) in [6, 6.07) is 66.9. The van der Waals surface area contributed by atoms with E-state index in [-0.39, 0.29) is 0 Å². The van der Waals surface area contributed by atoms with E-state index in [4.69, 9.17) is 9.40 Å². The summed E-state index contributed by atoms with van der Waals surface area (Å²) in [6.45, 7) is 0. The lowest BCUT2D eigenvalue weighted by atomic mass is 10.0. The molecule has 8 aromatic carbocycles. The first kappa shape index (κ1) is 30.7. The molecule has 254 valence electrons. The molecule has 3 aromatic heterocycles. The first-order valence-corrected chi connectivity index (χ1v) is 18.9. The predicted octanol–water partition coefficient (Wildman–Crippen LogP) is 14.1. The summed E-state index contributed by atoms with van der Waals surface area (Å²) >= 11 is 1.79. The third-order valence-corrected chi connectivity index (χ3v) is 11.5. The Balaban J connectivity index is 1.14. The molecule has 0 atom stereocenters. The highest BCUT2D eigenvalue weighted by Gasteiger charge is 2.20. The van der Waals surface area contributed by atoms with Crippen LogP contribution in [0.25, 0.3) is 81.3 Å². The van der Waals surface area contributed by atoms with Crippen molar-refractivity contribution in [3.8, 4) is 28.3 Å². The van der Waals surface area contributed by atoms with Crippen molar-refractivity contribution in [3.63, 3.8) is 0 Å². The first-order valence-electron chi connectivity index (χ1n) is 18.1. The van der Waals surface area contributed by atoms with E-state index in [1.54, 1.807) is 11.3 Å². The molecule has 11 rings (SSSR count). The lowest BCUT2D eigenvalue weighted by Gasteiger charge is -2.26. The highest BCUT2D eigenvalue weighted by molar-refractivity contribution is 7.26. The van der Waals surface area contributed by atoms with Crippen LogP contribution in [0.2, 0.25) is 0 Å². The summed E-state index contributed by atoms with van der Waals surface area (Å²) in [5, 5.41) is 4.71. The standard InChI is InChI=1S/C49H31N3OS/c1-4-12-32(13-5-1)33-20-22-36(23-21-33)51(38-24-26-40-39-18-10-11-19-43(39)52(44(40)31-38)35-16-8-3-9-17-35)37-25-28-45-41(30-37)47-46(54-45)29-27-42-48(47)53-49(50-42)34-14-6-2-7-15-34/h1-31H. The zero-order valence-corrected chi connectivity index (χ0v) is 29.9. The van der Waals surface area contributed by atoms with Gasteiger partial charge in [-0.1, -0.05) is 103 Å². The predicted molar refractivity (Wildman–Crippen MR) is 227 cm³/mol. The van der Waals surface area contributed by atoms with Crippen LogP contribution >= 0.6 is 11.3 Å². The van der Waals surface area contributed by atoms with Gasteiger partial charge in [-0.3, -0.25) is 0 Å². The Morgan fingerprint density at radius 3 is 1.87 bits per heavy atom.